The minimum Gasteiger partial charge on any atom is -0.467 e. The molecule has 0 radical (unpaired) electrons. The Bertz CT molecular complexity index is 494. The van der Waals surface area contributed by atoms with Crippen LogP contribution in [0.4, 0.5) is 5.69 Å². The number of anilines is 1. The molecule has 4 heteroatoms. The van der Waals surface area contributed by atoms with Crippen LogP contribution in [0.1, 0.15) is 12.2 Å². The number of carbonyl (C=O) groups is 1. The Labute approximate surface area is 113 Å². The average Bonchev–Trinajstić information content (AvgIpc) is 2.96. The molecule has 1 aromatic carbocycles. The molecule has 0 saturated carbocycles. The average molecular weight is 258 g/mol. The minimum atomic E-state index is 0.0270. The van der Waals surface area contributed by atoms with Gasteiger partial charge in [0.05, 0.1) is 12.8 Å². The van der Waals surface area contributed by atoms with Crippen LogP contribution < -0.4 is 10.2 Å². The predicted octanol–water partition coefficient (Wildman–Crippen LogP) is 2.42. The van der Waals surface area contributed by atoms with Gasteiger partial charge in [0.15, 0.2) is 0 Å². The molecular weight excluding hydrogens is 240 g/mol. The fourth-order valence-electron chi connectivity index (χ4n) is 1.77. The molecule has 19 heavy (non-hydrogen) atoms. The lowest BCUT2D eigenvalue weighted by Gasteiger charge is -2.18. The van der Waals surface area contributed by atoms with E-state index in [4.69, 9.17) is 4.42 Å². The van der Waals surface area contributed by atoms with Gasteiger partial charge in [-0.05, 0) is 24.3 Å². The number of nitrogens with zero attached hydrogens (tertiary/aromatic N) is 1. The van der Waals surface area contributed by atoms with Gasteiger partial charge in [0, 0.05) is 25.7 Å². The second-order valence-corrected chi connectivity index (χ2v) is 4.36. The van der Waals surface area contributed by atoms with Crippen LogP contribution in [0.15, 0.2) is 53.1 Å². The minimum absolute atomic E-state index is 0.0270. The molecule has 0 aliphatic carbocycles. The van der Waals surface area contributed by atoms with Gasteiger partial charge in [-0.2, -0.15) is 0 Å². The van der Waals surface area contributed by atoms with E-state index in [2.05, 4.69) is 10.2 Å². The van der Waals surface area contributed by atoms with Crippen LogP contribution >= 0.6 is 0 Å². The first kappa shape index (κ1) is 13.2. The Morgan fingerprint density at radius 2 is 2.00 bits per heavy atom. The molecule has 0 atom stereocenters. The number of hydrogen-bond donors (Lipinski definition) is 1. The maximum absolute atomic E-state index is 11.7. The zero-order valence-electron chi connectivity index (χ0n) is 11.0. The van der Waals surface area contributed by atoms with Gasteiger partial charge in [-0.25, -0.2) is 0 Å². The highest BCUT2D eigenvalue weighted by Crippen LogP contribution is 2.10. The fraction of sp³-hybridized carbons (Fsp3) is 0.267. The summed E-state index contributed by atoms with van der Waals surface area (Å²) in [6.45, 7) is 1.13. The van der Waals surface area contributed by atoms with Crippen molar-refractivity contribution in [2.45, 2.75) is 13.0 Å². The summed E-state index contributed by atoms with van der Waals surface area (Å²) in [4.78, 5) is 13.8. The van der Waals surface area contributed by atoms with Gasteiger partial charge in [0.2, 0.25) is 5.91 Å². The van der Waals surface area contributed by atoms with Gasteiger partial charge in [-0.15, -0.1) is 0 Å². The molecule has 0 bridgehead atoms. The summed E-state index contributed by atoms with van der Waals surface area (Å²) in [7, 11) is 1.98. The summed E-state index contributed by atoms with van der Waals surface area (Å²) in [5.74, 6) is 0.795. The Morgan fingerprint density at radius 3 is 2.68 bits per heavy atom. The highest BCUT2D eigenvalue weighted by Gasteiger charge is 2.05. The highest BCUT2D eigenvalue weighted by molar-refractivity contribution is 5.76. The van der Waals surface area contributed by atoms with Crippen molar-refractivity contribution in [2.75, 3.05) is 18.5 Å². The summed E-state index contributed by atoms with van der Waals surface area (Å²) in [5.41, 5.74) is 1.11. The molecule has 2 rings (SSSR count). The highest BCUT2D eigenvalue weighted by atomic mass is 16.3. The van der Waals surface area contributed by atoms with E-state index in [1.807, 2.05) is 49.5 Å². The quantitative estimate of drug-likeness (QED) is 0.865. The van der Waals surface area contributed by atoms with Gasteiger partial charge in [-0.3, -0.25) is 4.79 Å². The first-order valence-electron chi connectivity index (χ1n) is 6.31. The molecule has 1 aromatic heterocycles. The lowest BCUT2D eigenvalue weighted by molar-refractivity contribution is -0.121. The molecule has 0 fully saturated rings. The van der Waals surface area contributed by atoms with Crippen LogP contribution in [0.5, 0.6) is 0 Å². The molecule has 1 amide bonds. The van der Waals surface area contributed by atoms with Crippen molar-refractivity contribution >= 4 is 11.6 Å². The maximum Gasteiger partial charge on any atom is 0.222 e. The third-order valence-corrected chi connectivity index (χ3v) is 2.91. The first-order valence-corrected chi connectivity index (χ1v) is 6.31. The molecule has 0 unspecified atom stereocenters. The lowest BCUT2D eigenvalue weighted by Crippen LogP contribution is -2.28. The van der Waals surface area contributed by atoms with Gasteiger partial charge >= 0.3 is 0 Å². The Morgan fingerprint density at radius 1 is 1.21 bits per heavy atom. The van der Waals surface area contributed by atoms with E-state index in [9.17, 15) is 4.79 Å². The number of furan rings is 1. The summed E-state index contributed by atoms with van der Waals surface area (Å²) in [5, 5.41) is 2.83. The summed E-state index contributed by atoms with van der Waals surface area (Å²) in [6.07, 6.45) is 2.07. The Hall–Kier alpha value is -2.23. The number of rotatable bonds is 6. The molecule has 0 saturated heterocycles. The van der Waals surface area contributed by atoms with Crippen LogP contribution in [0, 0.1) is 0 Å². The topological polar surface area (TPSA) is 45.5 Å². The van der Waals surface area contributed by atoms with E-state index >= 15 is 0 Å². The van der Waals surface area contributed by atoms with Crippen molar-refractivity contribution in [3.8, 4) is 0 Å². The van der Waals surface area contributed by atoms with Crippen molar-refractivity contribution in [1.29, 1.82) is 0 Å². The number of amides is 1. The van der Waals surface area contributed by atoms with E-state index in [-0.39, 0.29) is 5.91 Å². The Balaban J connectivity index is 1.71. The lowest BCUT2D eigenvalue weighted by atomic mass is 10.3. The normalized spacial score (nSPS) is 10.2. The zero-order valence-corrected chi connectivity index (χ0v) is 11.0. The van der Waals surface area contributed by atoms with Crippen molar-refractivity contribution < 1.29 is 9.21 Å². The number of carbonyl (C=O) groups excluding carboxylic acids is 1. The summed E-state index contributed by atoms with van der Waals surface area (Å²) >= 11 is 0. The van der Waals surface area contributed by atoms with E-state index in [1.165, 1.54) is 0 Å². The van der Waals surface area contributed by atoms with Gasteiger partial charge in [-0.1, -0.05) is 18.2 Å². The fourth-order valence-corrected chi connectivity index (χ4v) is 1.77. The largest absolute Gasteiger partial charge is 0.467 e. The molecule has 0 aliphatic rings. The van der Waals surface area contributed by atoms with Crippen molar-refractivity contribution in [3.63, 3.8) is 0 Å². The van der Waals surface area contributed by atoms with Gasteiger partial charge in [0.1, 0.15) is 5.76 Å². The van der Waals surface area contributed by atoms with E-state index in [0.717, 1.165) is 11.4 Å². The zero-order chi connectivity index (χ0) is 13.5. The molecular formula is C15H18N2O2. The van der Waals surface area contributed by atoms with Crippen molar-refractivity contribution in [2.24, 2.45) is 0 Å². The smallest absolute Gasteiger partial charge is 0.222 e. The second kappa shape index (κ2) is 6.64. The molecule has 4 nitrogen and oxygen atoms in total. The molecule has 1 heterocycles. The monoisotopic (exact) mass is 258 g/mol. The number of para-hydroxylation sites is 1. The predicted molar refractivity (Wildman–Crippen MR) is 74.9 cm³/mol. The molecule has 0 spiro atoms. The number of hydrogen-bond acceptors (Lipinski definition) is 3. The molecule has 1 N–H and O–H groups in total. The maximum atomic E-state index is 11.7. The molecule has 2 aromatic rings. The second-order valence-electron chi connectivity index (χ2n) is 4.36. The van der Waals surface area contributed by atoms with E-state index < -0.39 is 0 Å². The molecule has 100 valence electrons. The van der Waals surface area contributed by atoms with Crippen LogP contribution in [-0.4, -0.2) is 19.5 Å². The summed E-state index contributed by atoms with van der Waals surface area (Å²) in [6, 6.07) is 13.7. The standard InChI is InChI=1S/C15H18N2O2/c1-17(13-6-3-2-4-7-13)10-9-15(18)16-12-14-8-5-11-19-14/h2-8,11H,9-10,12H2,1H3,(H,16,18). The van der Waals surface area contributed by atoms with Crippen LogP contribution in [0.3, 0.4) is 0 Å². The Kier molecular flexibility index (Phi) is 4.61. The SMILES string of the molecule is CN(CCC(=O)NCc1ccco1)c1ccccc1. The summed E-state index contributed by atoms with van der Waals surface area (Å²) < 4.78 is 5.15. The van der Waals surface area contributed by atoms with Crippen LogP contribution in [0.25, 0.3) is 0 Å². The number of nitrogens with one attached hydrogen (secondary N) is 1. The third-order valence-electron chi connectivity index (χ3n) is 2.91. The van der Waals surface area contributed by atoms with Crippen LogP contribution in [-0.2, 0) is 11.3 Å². The van der Waals surface area contributed by atoms with E-state index in [0.29, 0.717) is 19.5 Å². The van der Waals surface area contributed by atoms with Crippen LogP contribution in [0.2, 0.25) is 0 Å². The van der Waals surface area contributed by atoms with Crippen molar-refractivity contribution in [1.82, 2.24) is 5.32 Å². The van der Waals surface area contributed by atoms with Gasteiger partial charge < -0.3 is 14.6 Å². The van der Waals surface area contributed by atoms with Gasteiger partial charge in [0.25, 0.3) is 0 Å². The third kappa shape index (κ3) is 4.17. The molecule has 0 aliphatic heterocycles. The van der Waals surface area contributed by atoms with Crippen molar-refractivity contribution in [3.05, 3.63) is 54.5 Å². The number of benzene rings is 1. The first-order chi connectivity index (χ1) is 9.25. The van der Waals surface area contributed by atoms with E-state index in [1.54, 1.807) is 6.26 Å².